The number of unbranched alkanes of at least 4 members (excludes halogenated alkanes) is 2. The number of aryl methyl sites for hydroxylation is 1. The fourth-order valence-electron chi connectivity index (χ4n) is 2.66. The van der Waals surface area contributed by atoms with Crippen LogP contribution in [0.25, 0.3) is 0 Å². The standard InChI is InChI=1S/C23H30O3/c1-4-6-8-19-9-15-22(16-10-19)26-23(24)21-13-11-20(12-14-21)18(3)25-17-7-5-2/h9-16,18H,4-8,17H2,1-3H3. The molecule has 0 amide bonds. The van der Waals surface area contributed by atoms with Crippen molar-refractivity contribution in [1.29, 1.82) is 0 Å². The molecule has 0 aliphatic rings. The van der Waals surface area contributed by atoms with Crippen molar-refractivity contribution in [1.82, 2.24) is 0 Å². The van der Waals surface area contributed by atoms with Crippen LogP contribution in [-0.2, 0) is 11.2 Å². The van der Waals surface area contributed by atoms with Crippen LogP contribution in [0.2, 0.25) is 0 Å². The monoisotopic (exact) mass is 354 g/mol. The lowest BCUT2D eigenvalue weighted by molar-refractivity contribution is 0.0635. The Kier molecular flexibility index (Phi) is 8.36. The molecule has 0 spiro atoms. The number of benzene rings is 2. The first-order valence-corrected chi connectivity index (χ1v) is 9.66. The van der Waals surface area contributed by atoms with Gasteiger partial charge in [-0.2, -0.15) is 0 Å². The van der Waals surface area contributed by atoms with Crippen LogP contribution in [0.5, 0.6) is 5.75 Å². The molecule has 0 aromatic heterocycles. The molecule has 0 aliphatic heterocycles. The number of rotatable bonds is 10. The molecular formula is C23H30O3. The van der Waals surface area contributed by atoms with Crippen LogP contribution in [-0.4, -0.2) is 12.6 Å². The zero-order chi connectivity index (χ0) is 18.8. The van der Waals surface area contributed by atoms with Crippen molar-refractivity contribution in [3.8, 4) is 5.75 Å². The van der Waals surface area contributed by atoms with Gasteiger partial charge in [-0.15, -0.1) is 0 Å². The molecular weight excluding hydrogens is 324 g/mol. The quantitative estimate of drug-likeness (QED) is 0.293. The van der Waals surface area contributed by atoms with Gasteiger partial charge >= 0.3 is 5.97 Å². The minimum Gasteiger partial charge on any atom is -0.423 e. The predicted molar refractivity (Wildman–Crippen MR) is 106 cm³/mol. The van der Waals surface area contributed by atoms with Crippen LogP contribution in [0.3, 0.4) is 0 Å². The van der Waals surface area contributed by atoms with Gasteiger partial charge in [0.1, 0.15) is 5.75 Å². The summed E-state index contributed by atoms with van der Waals surface area (Å²) >= 11 is 0. The van der Waals surface area contributed by atoms with Crippen molar-refractivity contribution in [2.75, 3.05) is 6.61 Å². The minimum absolute atomic E-state index is 0.0299. The van der Waals surface area contributed by atoms with E-state index in [4.69, 9.17) is 9.47 Å². The molecule has 2 aromatic carbocycles. The summed E-state index contributed by atoms with van der Waals surface area (Å²) in [4.78, 5) is 12.3. The Labute approximate surface area is 157 Å². The average molecular weight is 354 g/mol. The van der Waals surface area contributed by atoms with E-state index < -0.39 is 0 Å². The lowest BCUT2D eigenvalue weighted by atomic mass is 10.1. The molecule has 26 heavy (non-hydrogen) atoms. The normalized spacial score (nSPS) is 12.0. The van der Waals surface area contributed by atoms with Crippen LogP contribution < -0.4 is 4.74 Å². The minimum atomic E-state index is -0.336. The second-order valence-electron chi connectivity index (χ2n) is 6.63. The van der Waals surface area contributed by atoms with Gasteiger partial charge in [-0.3, -0.25) is 0 Å². The third kappa shape index (κ3) is 6.30. The summed E-state index contributed by atoms with van der Waals surface area (Å²) in [5, 5.41) is 0. The fraction of sp³-hybridized carbons (Fsp3) is 0.435. The van der Waals surface area contributed by atoms with Gasteiger partial charge in [0.2, 0.25) is 0 Å². The molecule has 1 atom stereocenters. The van der Waals surface area contributed by atoms with Crippen molar-refractivity contribution in [3.05, 3.63) is 65.2 Å². The summed E-state index contributed by atoms with van der Waals surface area (Å²) < 4.78 is 11.3. The van der Waals surface area contributed by atoms with Crippen LogP contribution in [0, 0.1) is 0 Å². The zero-order valence-corrected chi connectivity index (χ0v) is 16.2. The summed E-state index contributed by atoms with van der Waals surface area (Å²) in [7, 11) is 0. The largest absolute Gasteiger partial charge is 0.423 e. The number of carbonyl (C=O) groups is 1. The van der Waals surface area contributed by atoms with Gasteiger partial charge in [0.25, 0.3) is 0 Å². The van der Waals surface area contributed by atoms with E-state index in [1.54, 1.807) is 12.1 Å². The highest BCUT2D eigenvalue weighted by Crippen LogP contribution is 2.19. The highest BCUT2D eigenvalue weighted by atomic mass is 16.5. The molecule has 0 saturated carbocycles. The molecule has 0 heterocycles. The highest BCUT2D eigenvalue weighted by molar-refractivity contribution is 5.91. The molecule has 0 fully saturated rings. The van der Waals surface area contributed by atoms with E-state index in [0.29, 0.717) is 11.3 Å². The Morgan fingerprint density at radius 2 is 1.58 bits per heavy atom. The van der Waals surface area contributed by atoms with Gasteiger partial charge < -0.3 is 9.47 Å². The molecule has 0 aliphatic carbocycles. The third-order valence-electron chi connectivity index (χ3n) is 4.43. The third-order valence-corrected chi connectivity index (χ3v) is 4.43. The first-order valence-electron chi connectivity index (χ1n) is 9.66. The lowest BCUT2D eigenvalue weighted by Gasteiger charge is -2.13. The molecule has 2 aromatic rings. The van der Waals surface area contributed by atoms with Crippen molar-refractivity contribution < 1.29 is 14.3 Å². The van der Waals surface area contributed by atoms with E-state index >= 15 is 0 Å². The number of carbonyl (C=O) groups excluding carboxylic acids is 1. The number of hydrogen-bond donors (Lipinski definition) is 0. The molecule has 0 radical (unpaired) electrons. The van der Waals surface area contributed by atoms with E-state index in [2.05, 4.69) is 13.8 Å². The molecule has 2 rings (SSSR count). The van der Waals surface area contributed by atoms with E-state index in [-0.39, 0.29) is 12.1 Å². The predicted octanol–water partition coefficient (Wildman–Crippen LogP) is 6.13. The SMILES string of the molecule is CCCCOC(C)c1ccc(C(=O)Oc2ccc(CCCC)cc2)cc1. The Bertz CT molecular complexity index is 659. The molecule has 3 nitrogen and oxygen atoms in total. The van der Waals surface area contributed by atoms with Crippen LogP contribution in [0.4, 0.5) is 0 Å². The molecule has 0 saturated heterocycles. The smallest absolute Gasteiger partial charge is 0.343 e. The fourth-order valence-corrected chi connectivity index (χ4v) is 2.66. The van der Waals surface area contributed by atoms with Crippen LogP contribution in [0.15, 0.2) is 48.5 Å². The van der Waals surface area contributed by atoms with Crippen molar-refractivity contribution in [2.24, 2.45) is 0 Å². The summed E-state index contributed by atoms with van der Waals surface area (Å²) in [6, 6.07) is 15.2. The van der Waals surface area contributed by atoms with Crippen molar-refractivity contribution in [3.63, 3.8) is 0 Å². The van der Waals surface area contributed by atoms with Gasteiger partial charge in [0, 0.05) is 6.61 Å². The molecule has 140 valence electrons. The second-order valence-corrected chi connectivity index (χ2v) is 6.63. The van der Waals surface area contributed by atoms with Gasteiger partial charge in [0.15, 0.2) is 0 Å². The number of hydrogen-bond acceptors (Lipinski definition) is 3. The van der Waals surface area contributed by atoms with E-state index in [9.17, 15) is 4.79 Å². The summed E-state index contributed by atoms with van der Waals surface area (Å²) in [5.41, 5.74) is 2.88. The van der Waals surface area contributed by atoms with Gasteiger partial charge in [-0.05, 0) is 61.6 Å². The van der Waals surface area contributed by atoms with Crippen molar-refractivity contribution in [2.45, 2.75) is 59.0 Å². The average Bonchev–Trinajstić information content (AvgIpc) is 2.67. The van der Waals surface area contributed by atoms with Gasteiger partial charge in [-0.25, -0.2) is 4.79 Å². The van der Waals surface area contributed by atoms with Gasteiger partial charge in [-0.1, -0.05) is 51.0 Å². The molecule has 0 bridgehead atoms. The first kappa shape index (κ1) is 20.2. The zero-order valence-electron chi connectivity index (χ0n) is 16.2. The van der Waals surface area contributed by atoms with Crippen molar-refractivity contribution >= 4 is 5.97 Å². The Balaban J connectivity index is 1.91. The Morgan fingerprint density at radius 1 is 0.923 bits per heavy atom. The molecule has 3 heteroatoms. The first-order chi connectivity index (χ1) is 12.6. The summed E-state index contributed by atoms with van der Waals surface area (Å²) in [5.74, 6) is 0.244. The topological polar surface area (TPSA) is 35.5 Å². The molecule has 0 N–H and O–H groups in total. The van der Waals surface area contributed by atoms with Crippen LogP contribution >= 0.6 is 0 Å². The highest BCUT2D eigenvalue weighted by Gasteiger charge is 2.11. The Hall–Kier alpha value is -2.13. The van der Waals surface area contributed by atoms with E-state index in [1.165, 1.54) is 18.4 Å². The van der Waals surface area contributed by atoms with Crippen LogP contribution in [0.1, 0.15) is 74.0 Å². The summed E-state index contributed by atoms with van der Waals surface area (Å²) in [6.45, 7) is 7.12. The van der Waals surface area contributed by atoms with E-state index in [0.717, 1.165) is 31.4 Å². The second kappa shape index (κ2) is 10.8. The maximum absolute atomic E-state index is 12.3. The maximum atomic E-state index is 12.3. The summed E-state index contributed by atoms with van der Waals surface area (Å²) in [6.07, 6.45) is 5.62. The lowest BCUT2D eigenvalue weighted by Crippen LogP contribution is -2.09. The molecule has 1 unspecified atom stereocenters. The van der Waals surface area contributed by atoms with E-state index in [1.807, 2.05) is 43.3 Å². The Morgan fingerprint density at radius 3 is 2.19 bits per heavy atom. The maximum Gasteiger partial charge on any atom is 0.343 e. The number of esters is 1. The van der Waals surface area contributed by atoms with Gasteiger partial charge in [0.05, 0.1) is 11.7 Å². The number of ether oxygens (including phenoxy) is 2.